The van der Waals surface area contributed by atoms with Crippen LogP contribution in [0.25, 0.3) is 0 Å². The Morgan fingerprint density at radius 3 is 2.95 bits per heavy atom. The van der Waals surface area contributed by atoms with Gasteiger partial charge in [0, 0.05) is 18.0 Å². The molecule has 0 unspecified atom stereocenters. The first kappa shape index (κ1) is 13.4. The molecule has 1 fully saturated rings. The minimum atomic E-state index is 0.472. The molecule has 1 N–H and O–H groups in total. The molecule has 1 aliphatic rings. The predicted molar refractivity (Wildman–Crippen MR) is 79.3 cm³/mol. The summed E-state index contributed by atoms with van der Waals surface area (Å²) in [4.78, 5) is 4.20. The molecular weight excluding hydrogens is 272 g/mol. The Kier molecular flexibility index (Phi) is 4.18. The Labute approximate surface area is 122 Å². The lowest BCUT2D eigenvalue weighted by Crippen LogP contribution is -2.15. The standard InChI is InChI=1S/C15H18N2O2S/c1-18-15-6-11(7-16-12-3-4-12)2-5-14(15)19-8-13-9-20-10-17-13/h2,5-6,9-10,12,16H,3-4,7-8H2,1H3. The zero-order chi connectivity index (χ0) is 13.8. The fourth-order valence-corrected chi connectivity index (χ4v) is 2.49. The molecule has 20 heavy (non-hydrogen) atoms. The highest BCUT2D eigenvalue weighted by Crippen LogP contribution is 2.29. The quantitative estimate of drug-likeness (QED) is 0.851. The summed E-state index contributed by atoms with van der Waals surface area (Å²) in [7, 11) is 1.67. The van der Waals surface area contributed by atoms with Crippen molar-refractivity contribution in [2.24, 2.45) is 0 Å². The lowest BCUT2D eigenvalue weighted by molar-refractivity contribution is 0.281. The van der Waals surface area contributed by atoms with E-state index in [-0.39, 0.29) is 0 Å². The highest BCUT2D eigenvalue weighted by Gasteiger charge is 2.20. The molecule has 0 aliphatic heterocycles. The second-order valence-corrected chi connectivity index (χ2v) is 5.63. The van der Waals surface area contributed by atoms with E-state index in [0.717, 1.165) is 23.7 Å². The summed E-state index contributed by atoms with van der Waals surface area (Å²) in [5, 5.41) is 5.48. The van der Waals surface area contributed by atoms with Gasteiger partial charge in [-0.1, -0.05) is 6.07 Å². The van der Waals surface area contributed by atoms with E-state index >= 15 is 0 Å². The van der Waals surface area contributed by atoms with Gasteiger partial charge in [-0.3, -0.25) is 0 Å². The molecule has 0 spiro atoms. The summed E-state index contributed by atoms with van der Waals surface area (Å²) < 4.78 is 11.2. The van der Waals surface area contributed by atoms with Crippen molar-refractivity contribution in [3.63, 3.8) is 0 Å². The van der Waals surface area contributed by atoms with E-state index in [4.69, 9.17) is 9.47 Å². The van der Waals surface area contributed by atoms with Gasteiger partial charge in [-0.25, -0.2) is 4.98 Å². The lowest BCUT2D eigenvalue weighted by Gasteiger charge is -2.12. The molecule has 1 aromatic carbocycles. The summed E-state index contributed by atoms with van der Waals surface area (Å²) in [6.07, 6.45) is 2.60. The van der Waals surface area contributed by atoms with Crippen molar-refractivity contribution in [2.45, 2.75) is 32.0 Å². The molecule has 1 heterocycles. The third-order valence-corrected chi connectivity index (χ3v) is 3.89. The summed E-state index contributed by atoms with van der Waals surface area (Å²) >= 11 is 1.57. The number of ether oxygens (including phenoxy) is 2. The monoisotopic (exact) mass is 290 g/mol. The number of benzene rings is 1. The van der Waals surface area contributed by atoms with Gasteiger partial charge in [-0.2, -0.15) is 0 Å². The van der Waals surface area contributed by atoms with Gasteiger partial charge in [0.25, 0.3) is 0 Å². The van der Waals surface area contributed by atoms with Gasteiger partial charge < -0.3 is 14.8 Å². The van der Waals surface area contributed by atoms with Crippen molar-refractivity contribution >= 4 is 11.3 Å². The van der Waals surface area contributed by atoms with E-state index < -0.39 is 0 Å². The smallest absolute Gasteiger partial charge is 0.161 e. The van der Waals surface area contributed by atoms with Gasteiger partial charge in [0.15, 0.2) is 11.5 Å². The number of hydrogen-bond donors (Lipinski definition) is 1. The van der Waals surface area contributed by atoms with Crippen LogP contribution in [0.2, 0.25) is 0 Å². The van der Waals surface area contributed by atoms with Crippen molar-refractivity contribution in [3.8, 4) is 11.5 Å². The first-order chi connectivity index (χ1) is 9.85. The normalized spacial score (nSPS) is 14.2. The zero-order valence-corrected chi connectivity index (χ0v) is 12.3. The zero-order valence-electron chi connectivity index (χ0n) is 11.5. The van der Waals surface area contributed by atoms with Crippen LogP contribution in [0.1, 0.15) is 24.1 Å². The number of thiazole rings is 1. The summed E-state index contributed by atoms with van der Waals surface area (Å²) in [6, 6.07) is 6.79. The topological polar surface area (TPSA) is 43.4 Å². The summed E-state index contributed by atoms with van der Waals surface area (Å²) in [6.45, 7) is 1.35. The Morgan fingerprint density at radius 1 is 1.35 bits per heavy atom. The molecule has 1 saturated carbocycles. The maximum Gasteiger partial charge on any atom is 0.161 e. The van der Waals surface area contributed by atoms with Crippen molar-refractivity contribution < 1.29 is 9.47 Å². The number of hydrogen-bond acceptors (Lipinski definition) is 5. The Balaban J connectivity index is 1.63. The van der Waals surface area contributed by atoms with E-state index in [1.54, 1.807) is 18.4 Å². The van der Waals surface area contributed by atoms with Crippen molar-refractivity contribution in [1.82, 2.24) is 10.3 Å². The second kappa shape index (κ2) is 6.24. The third kappa shape index (κ3) is 3.49. The highest BCUT2D eigenvalue weighted by atomic mass is 32.1. The van der Waals surface area contributed by atoms with E-state index in [0.29, 0.717) is 12.6 Å². The molecule has 0 saturated heterocycles. The number of rotatable bonds is 7. The van der Waals surface area contributed by atoms with Crippen LogP contribution in [0.15, 0.2) is 29.1 Å². The van der Waals surface area contributed by atoms with E-state index in [9.17, 15) is 0 Å². The molecule has 1 aromatic heterocycles. The second-order valence-electron chi connectivity index (χ2n) is 4.91. The van der Waals surface area contributed by atoms with E-state index in [1.165, 1.54) is 18.4 Å². The maximum absolute atomic E-state index is 5.76. The molecule has 0 amide bonds. The number of methoxy groups -OCH3 is 1. The largest absolute Gasteiger partial charge is 0.493 e. The van der Waals surface area contributed by atoms with Crippen LogP contribution in [0.3, 0.4) is 0 Å². The fraction of sp³-hybridized carbons (Fsp3) is 0.400. The average Bonchev–Trinajstić information content (AvgIpc) is 3.17. The average molecular weight is 290 g/mol. The van der Waals surface area contributed by atoms with Crippen LogP contribution < -0.4 is 14.8 Å². The maximum atomic E-state index is 5.76. The molecular formula is C15H18N2O2S. The van der Waals surface area contributed by atoms with Gasteiger partial charge in [0.05, 0.1) is 18.3 Å². The third-order valence-electron chi connectivity index (χ3n) is 3.26. The van der Waals surface area contributed by atoms with Gasteiger partial charge >= 0.3 is 0 Å². The lowest BCUT2D eigenvalue weighted by atomic mass is 10.2. The summed E-state index contributed by atoms with van der Waals surface area (Å²) in [5.41, 5.74) is 3.97. The van der Waals surface area contributed by atoms with Gasteiger partial charge in [0.1, 0.15) is 6.61 Å². The Bertz CT molecular complexity index is 553. The SMILES string of the molecule is COc1cc(CNC2CC2)ccc1OCc1cscn1. The van der Waals surface area contributed by atoms with Crippen molar-refractivity contribution in [1.29, 1.82) is 0 Å². The molecule has 5 heteroatoms. The van der Waals surface area contributed by atoms with Crippen LogP contribution in [0.4, 0.5) is 0 Å². The molecule has 3 rings (SSSR count). The summed E-state index contributed by atoms with van der Waals surface area (Å²) in [5.74, 6) is 1.53. The van der Waals surface area contributed by atoms with Crippen molar-refractivity contribution in [2.75, 3.05) is 7.11 Å². The van der Waals surface area contributed by atoms with Gasteiger partial charge in [-0.15, -0.1) is 11.3 Å². The first-order valence-electron chi connectivity index (χ1n) is 6.75. The van der Waals surface area contributed by atoms with Crippen LogP contribution in [0.5, 0.6) is 11.5 Å². The fourth-order valence-electron chi connectivity index (χ4n) is 1.95. The Morgan fingerprint density at radius 2 is 2.25 bits per heavy atom. The molecule has 0 radical (unpaired) electrons. The number of nitrogens with one attached hydrogen (secondary N) is 1. The molecule has 0 bridgehead atoms. The van der Waals surface area contributed by atoms with Crippen LogP contribution in [0, 0.1) is 0 Å². The van der Waals surface area contributed by atoms with E-state index in [2.05, 4.69) is 16.4 Å². The van der Waals surface area contributed by atoms with Crippen LogP contribution in [-0.2, 0) is 13.2 Å². The molecule has 106 valence electrons. The molecule has 4 nitrogen and oxygen atoms in total. The molecule has 1 aliphatic carbocycles. The highest BCUT2D eigenvalue weighted by molar-refractivity contribution is 7.07. The first-order valence-corrected chi connectivity index (χ1v) is 7.69. The number of aromatic nitrogens is 1. The minimum Gasteiger partial charge on any atom is -0.493 e. The minimum absolute atomic E-state index is 0.472. The van der Waals surface area contributed by atoms with E-state index in [1.807, 2.05) is 23.0 Å². The van der Waals surface area contributed by atoms with Crippen molar-refractivity contribution in [3.05, 3.63) is 40.3 Å². The van der Waals surface area contributed by atoms with Gasteiger partial charge in [-0.05, 0) is 30.5 Å². The molecule has 0 atom stereocenters. The predicted octanol–water partition coefficient (Wildman–Crippen LogP) is 2.98. The van der Waals surface area contributed by atoms with Crippen LogP contribution >= 0.6 is 11.3 Å². The molecule has 2 aromatic rings. The van der Waals surface area contributed by atoms with Gasteiger partial charge in [0.2, 0.25) is 0 Å². The van der Waals surface area contributed by atoms with Crippen LogP contribution in [-0.4, -0.2) is 18.1 Å². The Hall–Kier alpha value is -1.59. The number of nitrogens with zero attached hydrogens (tertiary/aromatic N) is 1.